The average molecular weight is 333 g/mol. The molecule has 0 unspecified atom stereocenters. The van der Waals surface area contributed by atoms with Crippen LogP contribution in [0.25, 0.3) is 0 Å². The van der Waals surface area contributed by atoms with Crippen molar-refractivity contribution in [1.82, 2.24) is 14.8 Å². The second-order valence-electron chi connectivity index (χ2n) is 6.31. The van der Waals surface area contributed by atoms with E-state index < -0.39 is 0 Å². The number of pyridine rings is 1. The Morgan fingerprint density at radius 3 is 2.88 bits per heavy atom. The molecule has 0 aliphatic carbocycles. The number of ether oxygens (including phenoxy) is 2. The SMILES string of the molecule is COCCOC(=O)N1C[C@H]2CC[C@@H]1CN(C(=O)c1cccnc1)C2. The van der Waals surface area contributed by atoms with E-state index in [1.165, 1.54) is 0 Å². The van der Waals surface area contributed by atoms with Crippen LogP contribution in [0.3, 0.4) is 0 Å². The van der Waals surface area contributed by atoms with E-state index in [-0.39, 0.29) is 24.6 Å². The minimum absolute atomic E-state index is 0.0133. The predicted molar refractivity (Wildman–Crippen MR) is 86.6 cm³/mol. The van der Waals surface area contributed by atoms with Gasteiger partial charge in [0.2, 0.25) is 0 Å². The molecule has 0 N–H and O–H groups in total. The summed E-state index contributed by atoms with van der Waals surface area (Å²) in [6.45, 7) is 2.50. The van der Waals surface area contributed by atoms with E-state index in [0.717, 1.165) is 12.8 Å². The van der Waals surface area contributed by atoms with E-state index in [1.807, 2.05) is 4.90 Å². The van der Waals surface area contributed by atoms with Crippen LogP contribution in [0.2, 0.25) is 0 Å². The molecule has 3 saturated heterocycles. The lowest BCUT2D eigenvalue weighted by Crippen LogP contribution is -2.48. The lowest BCUT2D eigenvalue weighted by molar-refractivity contribution is 0.0483. The number of methoxy groups -OCH3 is 1. The largest absolute Gasteiger partial charge is 0.447 e. The van der Waals surface area contributed by atoms with Crippen LogP contribution in [0, 0.1) is 5.92 Å². The molecule has 4 rings (SSSR count). The van der Waals surface area contributed by atoms with Crippen LogP contribution in [0.5, 0.6) is 0 Å². The molecule has 3 aliphatic heterocycles. The van der Waals surface area contributed by atoms with E-state index in [1.54, 1.807) is 36.5 Å². The van der Waals surface area contributed by atoms with Gasteiger partial charge in [0.1, 0.15) is 6.61 Å². The molecule has 0 saturated carbocycles. The molecule has 2 bridgehead atoms. The lowest BCUT2D eigenvalue weighted by Gasteiger charge is -2.35. The predicted octanol–water partition coefficient (Wildman–Crippen LogP) is 1.40. The number of fused-ring (bicyclic) bond motifs is 4. The van der Waals surface area contributed by atoms with Gasteiger partial charge in [-0.3, -0.25) is 9.78 Å². The Labute approximate surface area is 141 Å². The molecule has 7 nitrogen and oxygen atoms in total. The Kier molecular flexibility index (Phi) is 5.30. The first-order valence-corrected chi connectivity index (χ1v) is 8.30. The molecule has 7 heteroatoms. The quantitative estimate of drug-likeness (QED) is 0.779. The molecule has 3 aliphatic rings. The highest BCUT2D eigenvalue weighted by Crippen LogP contribution is 2.29. The molecule has 1 aromatic heterocycles. The summed E-state index contributed by atoms with van der Waals surface area (Å²) in [6.07, 6.45) is 4.87. The number of rotatable bonds is 4. The minimum Gasteiger partial charge on any atom is -0.447 e. The third-order valence-electron chi connectivity index (χ3n) is 4.66. The Morgan fingerprint density at radius 1 is 1.25 bits per heavy atom. The summed E-state index contributed by atoms with van der Waals surface area (Å²) in [5.41, 5.74) is 0.591. The van der Waals surface area contributed by atoms with Gasteiger partial charge in [-0.05, 0) is 30.9 Å². The van der Waals surface area contributed by atoms with Gasteiger partial charge in [0, 0.05) is 39.1 Å². The van der Waals surface area contributed by atoms with Gasteiger partial charge in [0.05, 0.1) is 18.2 Å². The van der Waals surface area contributed by atoms with Crippen LogP contribution in [-0.4, -0.2) is 72.8 Å². The van der Waals surface area contributed by atoms with Gasteiger partial charge < -0.3 is 19.3 Å². The third-order valence-corrected chi connectivity index (χ3v) is 4.66. The number of hydrogen-bond acceptors (Lipinski definition) is 5. The van der Waals surface area contributed by atoms with Crippen molar-refractivity contribution < 1.29 is 19.1 Å². The maximum absolute atomic E-state index is 12.7. The fourth-order valence-electron chi connectivity index (χ4n) is 3.44. The average Bonchev–Trinajstić information content (AvgIpc) is 2.94. The molecule has 24 heavy (non-hydrogen) atoms. The van der Waals surface area contributed by atoms with E-state index in [2.05, 4.69) is 4.98 Å². The van der Waals surface area contributed by atoms with Crippen molar-refractivity contribution in [2.75, 3.05) is 40.0 Å². The molecule has 0 radical (unpaired) electrons. The first kappa shape index (κ1) is 16.7. The van der Waals surface area contributed by atoms with Crippen LogP contribution in [-0.2, 0) is 9.47 Å². The number of amides is 2. The van der Waals surface area contributed by atoms with Gasteiger partial charge in [-0.2, -0.15) is 0 Å². The summed E-state index contributed by atoms with van der Waals surface area (Å²) in [7, 11) is 1.57. The molecule has 3 fully saturated rings. The van der Waals surface area contributed by atoms with Crippen LogP contribution < -0.4 is 0 Å². The number of carbonyl (C=O) groups excluding carboxylic acids is 2. The zero-order valence-electron chi connectivity index (χ0n) is 13.9. The second-order valence-corrected chi connectivity index (χ2v) is 6.31. The number of nitrogens with zero attached hydrogens (tertiary/aromatic N) is 3. The lowest BCUT2D eigenvalue weighted by atomic mass is 9.95. The molecule has 0 aromatic carbocycles. The molecule has 130 valence electrons. The maximum atomic E-state index is 12.7. The van der Waals surface area contributed by atoms with Gasteiger partial charge in [-0.15, -0.1) is 0 Å². The summed E-state index contributed by atoms with van der Waals surface area (Å²) in [5, 5.41) is 0. The van der Waals surface area contributed by atoms with Gasteiger partial charge >= 0.3 is 6.09 Å². The number of aromatic nitrogens is 1. The molecule has 4 heterocycles. The van der Waals surface area contributed by atoms with Crippen molar-refractivity contribution in [3.05, 3.63) is 30.1 Å². The van der Waals surface area contributed by atoms with Gasteiger partial charge in [-0.1, -0.05) is 0 Å². The van der Waals surface area contributed by atoms with Crippen LogP contribution in [0.15, 0.2) is 24.5 Å². The van der Waals surface area contributed by atoms with Crippen molar-refractivity contribution >= 4 is 12.0 Å². The molecule has 2 amide bonds. The van der Waals surface area contributed by atoms with Crippen molar-refractivity contribution in [2.24, 2.45) is 5.92 Å². The maximum Gasteiger partial charge on any atom is 0.410 e. The zero-order valence-corrected chi connectivity index (χ0v) is 13.9. The van der Waals surface area contributed by atoms with Crippen molar-refractivity contribution in [3.8, 4) is 0 Å². The zero-order chi connectivity index (χ0) is 16.9. The molecular weight excluding hydrogens is 310 g/mol. The minimum atomic E-state index is -0.308. The fraction of sp³-hybridized carbons (Fsp3) is 0.588. The standard InChI is InChI=1S/C17H23N3O4/c1-23-7-8-24-17(22)20-11-13-4-5-15(20)12-19(10-13)16(21)14-3-2-6-18-9-14/h2-3,6,9,13,15H,4-5,7-8,10-12H2,1H3/t13-,15+/m0/s1. The van der Waals surface area contributed by atoms with Gasteiger partial charge in [0.15, 0.2) is 0 Å². The molecule has 2 atom stereocenters. The first-order valence-electron chi connectivity index (χ1n) is 8.30. The highest BCUT2D eigenvalue weighted by Gasteiger charge is 2.39. The smallest absolute Gasteiger partial charge is 0.410 e. The summed E-state index contributed by atoms with van der Waals surface area (Å²) in [4.78, 5) is 32.6. The van der Waals surface area contributed by atoms with E-state index in [0.29, 0.717) is 37.7 Å². The van der Waals surface area contributed by atoms with Crippen molar-refractivity contribution in [1.29, 1.82) is 0 Å². The summed E-state index contributed by atoms with van der Waals surface area (Å²) in [6, 6.07) is 3.55. The summed E-state index contributed by atoms with van der Waals surface area (Å²) >= 11 is 0. The first-order chi connectivity index (χ1) is 11.7. The number of carbonyl (C=O) groups is 2. The third kappa shape index (κ3) is 3.67. The summed E-state index contributed by atoms with van der Waals surface area (Å²) in [5.74, 6) is 0.272. The van der Waals surface area contributed by atoms with Gasteiger partial charge in [0.25, 0.3) is 5.91 Å². The van der Waals surface area contributed by atoms with Crippen LogP contribution in [0.4, 0.5) is 4.79 Å². The van der Waals surface area contributed by atoms with E-state index in [9.17, 15) is 9.59 Å². The van der Waals surface area contributed by atoms with E-state index >= 15 is 0 Å². The Bertz CT molecular complexity index is 580. The number of hydrogen-bond donors (Lipinski definition) is 0. The molecular formula is C17H23N3O4. The van der Waals surface area contributed by atoms with Crippen molar-refractivity contribution in [2.45, 2.75) is 18.9 Å². The van der Waals surface area contributed by atoms with Crippen LogP contribution in [0.1, 0.15) is 23.2 Å². The fourth-order valence-corrected chi connectivity index (χ4v) is 3.44. The number of piperidine rings is 1. The van der Waals surface area contributed by atoms with Crippen molar-refractivity contribution in [3.63, 3.8) is 0 Å². The monoisotopic (exact) mass is 333 g/mol. The Balaban J connectivity index is 1.67. The molecule has 1 aromatic rings. The topological polar surface area (TPSA) is 72.0 Å². The highest BCUT2D eigenvalue weighted by molar-refractivity contribution is 5.94. The van der Waals surface area contributed by atoms with E-state index in [4.69, 9.17) is 9.47 Å². The highest BCUT2D eigenvalue weighted by atomic mass is 16.6. The second kappa shape index (κ2) is 7.61. The normalized spacial score (nSPS) is 23.0. The van der Waals surface area contributed by atoms with Crippen LogP contribution >= 0.6 is 0 Å². The Morgan fingerprint density at radius 2 is 2.12 bits per heavy atom. The molecule has 0 spiro atoms. The summed E-state index contributed by atoms with van der Waals surface area (Å²) < 4.78 is 10.2. The Hall–Kier alpha value is -2.15. The van der Waals surface area contributed by atoms with Gasteiger partial charge in [-0.25, -0.2) is 4.79 Å².